The summed E-state index contributed by atoms with van der Waals surface area (Å²) in [5.74, 6) is -0.169. The van der Waals surface area contributed by atoms with Crippen LogP contribution in [0.3, 0.4) is 0 Å². The molecule has 114 valence electrons. The Morgan fingerprint density at radius 2 is 1.70 bits per heavy atom. The molecular weight excluding hydrogens is 249 g/mol. The van der Waals surface area contributed by atoms with E-state index in [9.17, 15) is 4.39 Å². The molecule has 0 radical (unpaired) electrons. The smallest absolute Gasteiger partial charge is 0.123 e. The Hall–Kier alpha value is -0.890. The van der Waals surface area contributed by atoms with Gasteiger partial charge in [-0.3, -0.25) is 0 Å². The van der Waals surface area contributed by atoms with E-state index in [1.165, 1.54) is 31.2 Å². The third-order valence-electron chi connectivity index (χ3n) is 3.76. The highest BCUT2D eigenvalue weighted by atomic mass is 19.1. The molecule has 0 bridgehead atoms. The first-order valence-corrected chi connectivity index (χ1v) is 7.86. The Balaban J connectivity index is 2.73. The molecule has 1 nitrogen and oxygen atoms in total. The second-order valence-electron chi connectivity index (χ2n) is 6.91. The molecule has 20 heavy (non-hydrogen) atoms. The summed E-state index contributed by atoms with van der Waals surface area (Å²) in [6.07, 6.45) is 5.02. The maximum absolute atomic E-state index is 13.1. The van der Waals surface area contributed by atoms with E-state index in [4.69, 9.17) is 0 Å². The average molecular weight is 279 g/mol. The van der Waals surface area contributed by atoms with Crippen molar-refractivity contribution in [3.05, 3.63) is 35.6 Å². The number of rotatable bonds is 7. The van der Waals surface area contributed by atoms with E-state index in [0.717, 1.165) is 0 Å². The number of unbranched alkanes of at least 4 members (excludes halogenated alkanes) is 2. The Morgan fingerprint density at radius 1 is 1.10 bits per heavy atom. The van der Waals surface area contributed by atoms with Crippen LogP contribution in [0.5, 0.6) is 0 Å². The van der Waals surface area contributed by atoms with Crippen LogP contribution in [0, 0.1) is 11.2 Å². The lowest BCUT2D eigenvalue weighted by Gasteiger charge is -2.34. The summed E-state index contributed by atoms with van der Waals surface area (Å²) in [5, 5.41) is 3.73. The highest BCUT2D eigenvalue weighted by molar-refractivity contribution is 5.21. The van der Waals surface area contributed by atoms with E-state index < -0.39 is 0 Å². The standard InChI is InChI=1S/C18H30FN/c1-6-7-8-9-14(2)20-17(18(3,4)5)15-10-12-16(19)13-11-15/h10-14,17,20H,6-9H2,1-5H3. The van der Waals surface area contributed by atoms with Crippen molar-refractivity contribution >= 4 is 0 Å². The van der Waals surface area contributed by atoms with Gasteiger partial charge in [0.15, 0.2) is 0 Å². The molecule has 2 heteroatoms. The average Bonchev–Trinajstić information content (AvgIpc) is 2.36. The van der Waals surface area contributed by atoms with Crippen molar-refractivity contribution < 1.29 is 4.39 Å². The van der Waals surface area contributed by atoms with Crippen molar-refractivity contribution in [3.63, 3.8) is 0 Å². The van der Waals surface area contributed by atoms with Gasteiger partial charge in [-0.2, -0.15) is 0 Å². The Bertz CT molecular complexity index is 377. The van der Waals surface area contributed by atoms with Gasteiger partial charge in [-0.25, -0.2) is 4.39 Å². The molecule has 0 aromatic heterocycles. The fourth-order valence-corrected chi connectivity index (χ4v) is 2.57. The third-order valence-corrected chi connectivity index (χ3v) is 3.76. The number of nitrogens with one attached hydrogen (secondary N) is 1. The zero-order valence-electron chi connectivity index (χ0n) is 13.7. The van der Waals surface area contributed by atoms with Crippen LogP contribution in [-0.2, 0) is 0 Å². The minimum absolute atomic E-state index is 0.108. The first-order chi connectivity index (χ1) is 9.34. The van der Waals surface area contributed by atoms with Crippen molar-refractivity contribution in [1.82, 2.24) is 5.32 Å². The van der Waals surface area contributed by atoms with Crippen LogP contribution >= 0.6 is 0 Å². The number of hydrogen-bond donors (Lipinski definition) is 1. The molecule has 2 unspecified atom stereocenters. The summed E-state index contributed by atoms with van der Waals surface area (Å²) in [4.78, 5) is 0. The summed E-state index contributed by atoms with van der Waals surface area (Å²) < 4.78 is 13.1. The second-order valence-corrected chi connectivity index (χ2v) is 6.91. The van der Waals surface area contributed by atoms with E-state index in [0.29, 0.717) is 6.04 Å². The molecule has 0 saturated heterocycles. The maximum atomic E-state index is 13.1. The van der Waals surface area contributed by atoms with E-state index in [2.05, 4.69) is 39.9 Å². The van der Waals surface area contributed by atoms with Crippen LogP contribution < -0.4 is 5.32 Å². The van der Waals surface area contributed by atoms with Crippen molar-refractivity contribution in [2.24, 2.45) is 5.41 Å². The molecule has 0 saturated carbocycles. The first-order valence-electron chi connectivity index (χ1n) is 7.86. The van der Waals surface area contributed by atoms with Gasteiger partial charge in [-0.15, -0.1) is 0 Å². The number of halogens is 1. The predicted molar refractivity (Wildman–Crippen MR) is 85.3 cm³/mol. The Labute approximate surface area is 124 Å². The second kappa shape index (κ2) is 7.78. The van der Waals surface area contributed by atoms with Gasteiger partial charge >= 0.3 is 0 Å². The number of hydrogen-bond acceptors (Lipinski definition) is 1. The molecule has 0 aliphatic rings. The molecule has 0 aliphatic heterocycles. The third kappa shape index (κ3) is 5.62. The lowest BCUT2D eigenvalue weighted by molar-refractivity contribution is 0.247. The molecule has 1 aromatic carbocycles. The van der Waals surface area contributed by atoms with Crippen LogP contribution in [0.15, 0.2) is 24.3 Å². The normalized spacial score (nSPS) is 15.1. The van der Waals surface area contributed by atoms with Gasteiger partial charge in [-0.05, 0) is 36.5 Å². The first kappa shape index (κ1) is 17.2. The fourth-order valence-electron chi connectivity index (χ4n) is 2.57. The SMILES string of the molecule is CCCCCC(C)NC(c1ccc(F)cc1)C(C)(C)C. The quantitative estimate of drug-likeness (QED) is 0.652. The fraction of sp³-hybridized carbons (Fsp3) is 0.667. The molecule has 1 N–H and O–H groups in total. The number of benzene rings is 1. The summed E-state index contributed by atoms with van der Waals surface area (Å²) in [6, 6.07) is 7.64. The molecule has 1 rings (SSSR count). The summed E-state index contributed by atoms with van der Waals surface area (Å²) in [6.45, 7) is 11.2. The van der Waals surface area contributed by atoms with Gasteiger partial charge in [0.1, 0.15) is 5.82 Å². The van der Waals surface area contributed by atoms with Crippen LogP contribution in [0.2, 0.25) is 0 Å². The van der Waals surface area contributed by atoms with Gasteiger partial charge in [0.2, 0.25) is 0 Å². The van der Waals surface area contributed by atoms with Crippen LogP contribution in [0.1, 0.15) is 71.9 Å². The van der Waals surface area contributed by atoms with E-state index in [1.807, 2.05) is 12.1 Å². The maximum Gasteiger partial charge on any atom is 0.123 e. The molecule has 0 fully saturated rings. The molecule has 0 spiro atoms. The zero-order chi connectivity index (χ0) is 15.2. The summed E-state index contributed by atoms with van der Waals surface area (Å²) in [5.41, 5.74) is 1.28. The molecule has 0 amide bonds. The van der Waals surface area contributed by atoms with Gasteiger partial charge in [0, 0.05) is 12.1 Å². The van der Waals surface area contributed by atoms with E-state index in [-0.39, 0.29) is 17.3 Å². The lowest BCUT2D eigenvalue weighted by atomic mass is 9.81. The van der Waals surface area contributed by atoms with Crippen molar-refractivity contribution in [2.45, 2.75) is 72.4 Å². The van der Waals surface area contributed by atoms with Crippen LogP contribution in [-0.4, -0.2) is 6.04 Å². The zero-order valence-corrected chi connectivity index (χ0v) is 13.7. The van der Waals surface area contributed by atoms with Gasteiger partial charge in [0.05, 0.1) is 0 Å². The molecular formula is C18H30FN. The van der Waals surface area contributed by atoms with Crippen LogP contribution in [0.4, 0.5) is 4.39 Å². The van der Waals surface area contributed by atoms with E-state index in [1.54, 1.807) is 12.1 Å². The van der Waals surface area contributed by atoms with Gasteiger partial charge in [0.25, 0.3) is 0 Å². The lowest BCUT2D eigenvalue weighted by Crippen LogP contribution is -2.38. The Kier molecular flexibility index (Phi) is 6.67. The Morgan fingerprint density at radius 3 is 2.20 bits per heavy atom. The summed E-state index contributed by atoms with van der Waals surface area (Å²) >= 11 is 0. The van der Waals surface area contributed by atoms with Gasteiger partial charge < -0.3 is 5.32 Å². The molecule has 0 aliphatic carbocycles. The highest BCUT2D eigenvalue weighted by Crippen LogP contribution is 2.33. The largest absolute Gasteiger partial charge is 0.307 e. The molecule has 1 aromatic rings. The monoisotopic (exact) mass is 279 g/mol. The minimum atomic E-state index is -0.169. The summed E-state index contributed by atoms with van der Waals surface area (Å²) in [7, 11) is 0. The van der Waals surface area contributed by atoms with Crippen molar-refractivity contribution in [2.75, 3.05) is 0 Å². The van der Waals surface area contributed by atoms with E-state index >= 15 is 0 Å². The van der Waals surface area contributed by atoms with Crippen molar-refractivity contribution in [3.8, 4) is 0 Å². The topological polar surface area (TPSA) is 12.0 Å². The van der Waals surface area contributed by atoms with Gasteiger partial charge in [-0.1, -0.05) is 59.1 Å². The molecule has 0 heterocycles. The molecule has 2 atom stereocenters. The van der Waals surface area contributed by atoms with Crippen molar-refractivity contribution in [1.29, 1.82) is 0 Å². The highest BCUT2D eigenvalue weighted by Gasteiger charge is 2.27. The minimum Gasteiger partial charge on any atom is -0.307 e. The van der Waals surface area contributed by atoms with Crippen LogP contribution in [0.25, 0.3) is 0 Å². The predicted octanol–water partition coefficient (Wildman–Crippen LogP) is 5.47.